The number of aromatic nitrogens is 2. The largest absolute Gasteiger partial charge is 0.481 e. The van der Waals surface area contributed by atoms with E-state index in [1.54, 1.807) is 16.7 Å². The maximum Gasteiger partial charge on any atom is 0.288 e. The van der Waals surface area contributed by atoms with Gasteiger partial charge in [-0.15, -0.1) is 0 Å². The van der Waals surface area contributed by atoms with Crippen molar-refractivity contribution in [3.05, 3.63) is 77.1 Å². The highest BCUT2D eigenvalue weighted by atomic mass is 32.1. The van der Waals surface area contributed by atoms with E-state index in [1.807, 2.05) is 18.2 Å². The fraction of sp³-hybridized carbons (Fsp3) is 0.105. The van der Waals surface area contributed by atoms with E-state index in [4.69, 9.17) is 17.0 Å². The van der Waals surface area contributed by atoms with Crippen molar-refractivity contribution < 1.29 is 18.7 Å². The average molecular weight is 400 g/mol. The number of amides is 2. The van der Waals surface area contributed by atoms with E-state index in [-0.39, 0.29) is 5.69 Å². The summed E-state index contributed by atoms with van der Waals surface area (Å²) < 4.78 is 20.2. The molecule has 0 saturated heterocycles. The van der Waals surface area contributed by atoms with E-state index in [0.29, 0.717) is 16.2 Å². The molecule has 1 aromatic heterocycles. The number of halogens is 1. The Labute approximate surface area is 165 Å². The van der Waals surface area contributed by atoms with Crippen molar-refractivity contribution >= 4 is 24.0 Å². The zero-order valence-corrected chi connectivity index (χ0v) is 15.6. The van der Waals surface area contributed by atoms with Crippen LogP contribution in [-0.4, -0.2) is 27.5 Å². The molecule has 28 heavy (non-hydrogen) atoms. The van der Waals surface area contributed by atoms with Crippen LogP contribution in [0.25, 0.3) is 5.69 Å². The first-order chi connectivity index (χ1) is 13.5. The SMILES string of the molecule is CC(Oc1ccc(F)cc1)C(=O)NNC(=O)c1c[nH]c(=S)n1-c1ccccc1. The normalized spacial score (nSPS) is 11.5. The first kappa shape index (κ1) is 19.3. The van der Waals surface area contributed by atoms with Gasteiger partial charge in [0.2, 0.25) is 0 Å². The summed E-state index contributed by atoms with van der Waals surface area (Å²) in [7, 11) is 0. The Morgan fingerprint density at radius 3 is 2.46 bits per heavy atom. The highest BCUT2D eigenvalue weighted by molar-refractivity contribution is 7.71. The summed E-state index contributed by atoms with van der Waals surface area (Å²) in [5.74, 6) is -1.20. The smallest absolute Gasteiger partial charge is 0.288 e. The fourth-order valence-electron chi connectivity index (χ4n) is 2.42. The molecule has 0 bridgehead atoms. The van der Waals surface area contributed by atoms with Crippen molar-refractivity contribution in [2.45, 2.75) is 13.0 Å². The molecule has 3 aromatic rings. The number of carbonyl (C=O) groups excluding carboxylic acids is 2. The molecule has 0 aliphatic rings. The number of carbonyl (C=O) groups is 2. The molecular weight excluding hydrogens is 383 g/mol. The van der Waals surface area contributed by atoms with Gasteiger partial charge in [-0.25, -0.2) is 4.39 Å². The van der Waals surface area contributed by atoms with Crippen LogP contribution < -0.4 is 15.6 Å². The Kier molecular flexibility index (Phi) is 5.85. The predicted molar refractivity (Wildman–Crippen MR) is 103 cm³/mol. The third-order valence-corrected chi connectivity index (χ3v) is 4.12. The van der Waals surface area contributed by atoms with Gasteiger partial charge in [-0.05, 0) is 55.5 Å². The molecule has 1 heterocycles. The molecule has 2 aromatic carbocycles. The third-order valence-electron chi connectivity index (χ3n) is 3.82. The summed E-state index contributed by atoms with van der Waals surface area (Å²) in [6, 6.07) is 14.4. The maximum absolute atomic E-state index is 12.9. The van der Waals surface area contributed by atoms with Gasteiger partial charge < -0.3 is 9.72 Å². The van der Waals surface area contributed by atoms with Crippen LogP contribution in [0.15, 0.2) is 60.8 Å². The summed E-state index contributed by atoms with van der Waals surface area (Å²) in [5, 5.41) is 0. The minimum absolute atomic E-state index is 0.226. The van der Waals surface area contributed by atoms with Gasteiger partial charge in [0.1, 0.15) is 17.3 Å². The number of benzene rings is 2. The highest BCUT2D eigenvalue weighted by Crippen LogP contribution is 2.14. The van der Waals surface area contributed by atoms with Crippen LogP contribution in [0.4, 0.5) is 4.39 Å². The molecule has 3 rings (SSSR count). The summed E-state index contributed by atoms with van der Waals surface area (Å²) >= 11 is 5.23. The van der Waals surface area contributed by atoms with Crippen molar-refractivity contribution in [1.29, 1.82) is 0 Å². The summed E-state index contributed by atoms with van der Waals surface area (Å²) in [5.41, 5.74) is 5.57. The summed E-state index contributed by atoms with van der Waals surface area (Å²) in [6.07, 6.45) is 0.544. The minimum atomic E-state index is -0.909. The second-order valence-corrected chi connectivity index (χ2v) is 6.19. The molecule has 0 spiro atoms. The maximum atomic E-state index is 12.9. The Bertz CT molecular complexity index is 1030. The second kappa shape index (κ2) is 8.49. The van der Waals surface area contributed by atoms with Gasteiger partial charge in [-0.3, -0.25) is 25.0 Å². The van der Waals surface area contributed by atoms with Gasteiger partial charge in [0.25, 0.3) is 11.8 Å². The molecular formula is C19H17FN4O3S. The lowest BCUT2D eigenvalue weighted by Crippen LogP contribution is -2.47. The van der Waals surface area contributed by atoms with Gasteiger partial charge in [-0.2, -0.15) is 0 Å². The topological polar surface area (TPSA) is 88.2 Å². The van der Waals surface area contributed by atoms with Gasteiger partial charge >= 0.3 is 0 Å². The Hall–Kier alpha value is -3.46. The van der Waals surface area contributed by atoms with Crippen molar-refractivity contribution in [2.24, 2.45) is 0 Å². The van der Waals surface area contributed by atoms with Gasteiger partial charge in [-0.1, -0.05) is 18.2 Å². The van der Waals surface area contributed by atoms with Crippen molar-refractivity contribution in [1.82, 2.24) is 20.4 Å². The number of hydrogen-bond donors (Lipinski definition) is 3. The molecule has 0 saturated carbocycles. The monoisotopic (exact) mass is 400 g/mol. The lowest BCUT2D eigenvalue weighted by atomic mass is 10.3. The molecule has 7 nitrogen and oxygen atoms in total. The predicted octanol–water partition coefficient (Wildman–Crippen LogP) is 2.90. The summed E-state index contributed by atoms with van der Waals surface area (Å²) in [4.78, 5) is 27.4. The molecule has 3 N–H and O–H groups in total. The molecule has 0 fully saturated rings. The Morgan fingerprint density at radius 2 is 1.79 bits per heavy atom. The number of H-pyrrole nitrogens is 1. The van der Waals surface area contributed by atoms with Gasteiger partial charge in [0, 0.05) is 11.9 Å². The lowest BCUT2D eigenvalue weighted by molar-refractivity contribution is -0.128. The molecule has 0 radical (unpaired) electrons. The zero-order chi connectivity index (χ0) is 20.1. The van der Waals surface area contributed by atoms with Crippen LogP contribution in [-0.2, 0) is 4.79 Å². The number of nitrogens with one attached hydrogen (secondary N) is 3. The molecule has 0 aliphatic heterocycles. The van der Waals surface area contributed by atoms with E-state index < -0.39 is 23.7 Å². The highest BCUT2D eigenvalue weighted by Gasteiger charge is 2.18. The number of hydrogen-bond acceptors (Lipinski definition) is 4. The zero-order valence-electron chi connectivity index (χ0n) is 14.8. The molecule has 0 aliphatic carbocycles. The van der Waals surface area contributed by atoms with E-state index in [9.17, 15) is 14.0 Å². The van der Waals surface area contributed by atoms with Crippen LogP contribution in [0.5, 0.6) is 5.75 Å². The Morgan fingerprint density at radius 1 is 1.11 bits per heavy atom. The molecule has 1 atom stereocenters. The standard InChI is InChI=1S/C19H17FN4O3S/c1-12(27-15-9-7-13(20)8-10-15)17(25)22-23-18(26)16-11-21-19(28)24(16)14-5-3-2-4-6-14/h2-12H,1H3,(H,21,28)(H,22,25)(H,23,26). The van der Waals surface area contributed by atoms with Gasteiger partial charge in [0.05, 0.1) is 0 Å². The van der Waals surface area contributed by atoms with Crippen LogP contribution in [0.1, 0.15) is 17.4 Å². The first-order valence-electron chi connectivity index (χ1n) is 8.34. The van der Waals surface area contributed by atoms with Crippen molar-refractivity contribution in [3.63, 3.8) is 0 Å². The van der Waals surface area contributed by atoms with Crippen LogP contribution in [0.2, 0.25) is 0 Å². The number of rotatable bonds is 5. The van der Waals surface area contributed by atoms with Gasteiger partial charge in [0.15, 0.2) is 10.9 Å². The number of hydrazine groups is 1. The minimum Gasteiger partial charge on any atom is -0.481 e. The lowest BCUT2D eigenvalue weighted by Gasteiger charge is -2.15. The van der Waals surface area contributed by atoms with Crippen LogP contribution >= 0.6 is 12.2 Å². The number of aromatic amines is 1. The molecule has 2 amide bonds. The van der Waals surface area contributed by atoms with E-state index in [2.05, 4.69) is 15.8 Å². The number of imidazole rings is 1. The fourth-order valence-corrected chi connectivity index (χ4v) is 2.69. The number of para-hydroxylation sites is 1. The second-order valence-electron chi connectivity index (χ2n) is 5.81. The van der Waals surface area contributed by atoms with E-state index in [1.165, 1.54) is 37.4 Å². The molecule has 144 valence electrons. The van der Waals surface area contributed by atoms with Crippen molar-refractivity contribution in [3.8, 4) is 11.4 Å². The molecule has 9 heteroatoms. The van der Waals surface area contributed by atoms with E-state index >= 15 is 0 Å². The van der Waals surface area contributed by atoms with Crippen LogP contribution in [0, 0.1) is 10.6 Å². The third kappa shape index (κ3) is 4.44. The van der Waals surface area contributed by atoms with Crippen molar-refractivity contribution in [2.75, 3.05) is 0 Å². The number of nitrogens with zero attached hydrogens (tertiary/aromatic N) is 1. The average Bonchev–Trinajstić information content (AvgIpc) is 3.09. The first-order valence-corrected chi connectivity index (χ1v) is 8.75. The Balaban J connectivity index is 1.63. The van der Waals surface area contributed by atoms with E-state index in [0.717, 1.165) is 0 Å². The quantitative estimate of drug-likeness (QED) is 0.454. The number of ether oxygens (including phenoxy) is 1. The molecule has 1 unspecified atom stereocenters. The summed E-state index contributed by atoms with van der Waals surface area (Å²) in [6.45, 7) is 1.51. The van der Waals surface area contributed by atoms with Crippen LogP contribution in [0.3, 0.4) is 0 Å².